The Bertz CT molecular complexity index is 503. The molecule has 2 aliphatic heterocycles. The van der Waals surface area contributed by atoms with E-state index in [1.807, 2.05) is 11.8 Å². The summed E-state index contributed by atoms with van der Waals surface area (Å²) >= 11 is 0. The number of imide groups is 1. The molecule has 102 valence electrons. The number of nitrogens with zero attached hydrogens (tertiary/aromatic N) is 4. The first-order valence-electron chi connectivity index (χ1n) is 6.50. The SMILES string of the molecule is CCCc1nc(N2C[C@@H]3C(=O)N(C)C(=O)[C@@H]3C2)no1. The predicted molar refractivity (Wildman–Crippen MR) is 65.3 cm³/mol. The van der Waals surface area contributed by atoms with E-state index < -0.39 is 0 Å². The van der Waals surface area contributed by atoms with Gasteiger partial charge in [-0.25, -0.2) is 0 Å². The highest BCUT2D eigenvalue weighted by atomic mass is 16.5. The van der Waals surface area contributed by atoms with Gasteiger partial charge in [-0.3, -0.25) is 14.5 Å². The van der Waals surface area contributed by atoms with Crippen molar-refractivity contribution < 1.29 is 14.1 Å². The Morgan fingerprint density at radius 1 is 1.26 bits per heavy atom. The van der Waals surface area contributed by atoms with E-state index in [9.17, 15) is 9.59 Å². The molecule has 2 fully saturated rings. The van der Waals surface area contributed by atoms with E-state index in [4.69, 9.17) is 4.52 Å². The second-order valence-corrected chi connectivity index (χ2v) is 5.09. The second kappa shape index (κ2) is 4.32. The molecule has 2 aliphatic rings. The number of hydrogen-bond donors (Lipinski definition) is 0. The fraction of sp³-hybridized carbons (Fsp3) is 0.667. The third-order valence-electron chi connectivity index (χ3n) is 3.82. The molecule has 0 radical (unpaired) electrons. The summed E-state index contributed by atoms with van der Waals surface area (Å²) in [7, 11) is 1.54. The van der Waals surface area contributed by atoms with Crippen molar-refractivity contribution in [3.05, 3.63) is 5.89 Å². The first-order chi connectivity index (χ1) is 9.11. The number of fused-ring (bicyclic) bond motifs is 1. The fourth-order valence-corrected chi connectivity index (χ4v) is 2.76. The van der Waals surface area contributed by atoms with Crippen LogP contribution in [0.3, 0.4) is 0 Å². The molecule has 7 nitrogen and oxygen atoms in total. The quantitative estimate of drug-likeness (QED) is 0.719. The van der Waals surface area contributed by atoms with Crippen LogP contribution in [0, 0.1) is 11.8 Å². The standard InChI is InChI=1S/C12H16N4O3/c1-3-4-9-13-12(14-19-9)16-5-7-8(6-16)11(18)15(2)10(7)17/h7-8H,3-6H2,1-2H3/t7-,8+. The second-order valence-electron chi connectivity index (χ2n) is 5.09. The molecule has 0 saturated carbocycles. The first kappa shape index (κ1) is 12.1. The Kier molecular flexibility index (Phi) is 2.76. The lowest BCUT2D eigenvalue weighted by atomic mass is 10.00. The van der Waals surface area contributed by atoms with Crippen molar-refractivity contribution in [2.24, 2.45) is 11.8 Å². The summed E-state index contributed by atoms with van der Waals surface area (Å²) in [6, 6.07) is 0. The van der Waals surface area contributed by atoms with Crippen LogP contribution in [0.2, 0.25) is 0 Å². The Morgan fingerprint density at radius 3 is 2.47 bits per heavy atom. The van der Waals surface area contributed by atoms with E-state index in [0.717, 1.165) is 12.8 Å². The molecule has 7 heteroatoms. The molecule has 0 unspecified atom stereocenters. The lowest BCUT2D eigenvalue weighted by Crippen LogP contribution is -2.33. The predicted octanol–water partition coefficient (Wildman–Crippen LogP) is 0.0731. The highest BCUT2D eigenvalue weighted by molar-refractivity contribution is 6.06. The molecule has 0 spiro atoms. The monoisotopic (exact) mass is 264 g/mol. The third kappa shape index (κ3) is 1.80. The highest BCUT2D eigenvalue weighted by Crippen LogP contribution is 2.34. The molecule has 2 amide bonds. The van der Waals surface area contributed by atoms with Crippen molar-refractivity contribution in [3.63, 3.8) is 0 Å². The maximum absolute atomic E-state index is 11.9. The zero-order chi connectivity index (χ0) is 13.6. The Hall–Kier alpha value is -1.92. The summed E-state index contributed by atoms with van der Waals surface area (Å²) in [6.45, 7) is 3.02. The lowest BCUT2D eigenvalue weighted by molar-refractivity contribution is -0.138. The fourth-order valence-electron chi connectivity index (χ4n) is 2.76. The van der Waals surface area contributed by atoms with Gasteiger partial charge in [0.15, 0.2) is 0 Å². The van der Waals surface area contributed by atoms with Gasteiger partial charge in [-0.1, -0.05) is 6.92 Å². The molecule has 3 rings (SSSR count). The molecular weight excluding hydrogens is 248 g/mol. The molecule has 0 N–H and O–H groups in total. The minimum Gasteiger partial charge on any atom is -0.337 e. The van der Waals surface area contributed by atoms with Gasteiger partial charge in [0, 0.05) is 26.6 Å². The van der Waals surface area contributed by atoms with Crippen LogP contribution in [0.5, 0.6) is 0 Å². The maximum Gasteiger partial charge on any atom is 0.266 e. The lowest BCUT2D eigenvalue weighted by Gasteiger charge is -2.15. The van der Waals surface area contributed by atoms with E-state index in [1.54, 1.807) is 7.05 Å². The van der Waals surface area contributed by atoms with Crippen LogP contribution in [0.15, 0.2) is 4.52 Å². The number of rotatable bonds is 3. The molecule has 3 heterocycles. The smallest absolute Gasteiger partial charge is 0.266 e. The topological polar surface area (TPSA) is 79.5 Å². The minimum atomic E-state index is -0.259. The summed E-state index contributed by atoms with van der Waals surface area (Å²) in [6.07, 6.45) is 1.68. The average Bonchev–Trinajstić information content (AvgIpc) is 3.06. The summed E-state index contributed by atoms with van der Waals surface area (Å²) < 4.78 is 5.13. The zero-order valence-corrected chi connectivity index (χ0v) is 11.0. The first-order valence-corrected chi connectivity index (χ1v) is 6.50. The van der Waals surface area contributed by atoms with Crippen molar-refractivity contribution >= 4 is 17.8 Å². The normalized spacial score (nSPS) is 26.4. The maximum atomic E-state index is 11.9. The Labute approximate surface area is 110 Å². The number of carbonyl (C=O) groups is 2. The van der Waals surface area contributed by atoms with Crippen LogP contribution in [0.4, 0.5) is 5.95 Å². The molecule has 0 bridgehead atoms. The molecule has 19 heavy (non-hydrogen) atoms. The molecule has 1 aromatic rings. The van der Waals surface area contributed by atoms with Gasteiger partial charge in [-0.2, -0.15) is 4.98 Å². The van der Waals surface area contributed by atoms with Crippen LogP contribution < -0.4 is 4.90 Å². The summed E-state index contributed by atoms with van der Waals surface area (Å²) in [4.78, 5) is 31.2. The zero-order valence-electron chi connectivity index (χ0n) is 11.0. The Balaban J connectivity index is 1.76. The van der Waals surface area contributed by atoms with Crippen molar-refractivity contribution in [1.82, 2.24) is 15.0 Å². The van der Waals surface area contributed by atoms with Crippen molar-refractivity contribution in [2.75, 3.05) is 25.0 Å². The minimum absolute atomic E-state index is 0.102. The molecule has 2 saturated heterocycles. The average molecular weight is 264 g/mol. The van der Waals surface area contributed by atoms with Gasteiger partial charge >= 0.3 is 0 Å². The van der Waals surface area contributed by atoms with Crippen LogP contribution in [0.25, 0.3) is 0 Å². The van der Waals surface area contributed by atoms with Crippen LogP contribution in [-0.4, -0.2) is 47.0 Å². The van der Waals surface area contributed by atoms with Crippen LogP contribution >= 0.6 is 0 Å². The van der Waals surface area contributed by atoms with Gasteiger partial charge in [-0.05, 0) is 11.6 Å². The van der Waals surface area contributed by atoms with E-state index in [0.29, 0.717) is 24.9 Å². The number of hydrogen-bond acceptors (Lipinski definition) is 6. The number of carbonyl (C=O) groups excluding carboxylic acids is 2. The van der Waals surface area contributed by atoms with E-state index in [2.05, 4.69) is 10.1 Å². The van der Waals surface area contributed by atoms with E-state index in [-0.39, 0.29) is 23.7 Å². The van der Waals surface area contributed by atoms with Gasteiger partial charge in [0.1, 0.15) is 0 Å². The number of aryl methyl sites for hydroxylation is 1. The molecular formula is C12H16N4O3. The number of anilines is 1. The van der Waals surface area contributed by atoms with Gasteiger partial charge in [0.05, 0.1) is 11.8 Å². The van der Waals surface area contributed by atoms with Crippen LogP contribution in [-0.2, 0) is 16.0 Å². The van der Waals surface area contributed by atoms with Gasteiger partial charge in [-0.15, -0.1) is 0 Å². The summed E-state index contributed by atoms with van der Waals surface area (Å²) in [5, 5.41) is 3.92. The van der Waals surface area contributed by atoms with Gasteiger partial charge in [0.25, 0.3) is 5.95 Å². The number of likely N-dealkylation sites (tertiary alicyclic amines) is 1. The molecule has 2 atom stereocenters. The van der Waals surface area contributed by atoms with Gasteiger partial charge < -0.3 is 9.42 Å². The van der Waals surface area contributed by atoms with Crippen LogP contribution in [0.1, 0.15) is 19.2 Å². The van der Waals surface area contributed by atoms with Gasteiger partial charge in [0.2, 0.25) is 17.7 Å². The Morgan fingerprint density at radius 2 is 1.89 bits per heavy atom. The van der Waals surface area contributed by atoms with E-state index >= 15 is 0 Å². The van der Waals surface area contributed by atoms with Crippen molar-refractivity contribution in [1.29, 1.82) is 0 Å². The largest absolute Gasteiger partial charge is 0.337 e. The summed E-state index contributed by atoms with van der Waals surface area (Å²) in [5.41, 5.74) is 0. The third-order valence-corrected chi connectivity index (χ3v) is 3.82. The van der Waals surface area contributed by atoms with Crippen molar-refractivity contribution in [3.8, 4) is 0 Å². The number of aromatic nitrogens is 2. The van der Waals surface area contributed by atoms with E-state index in [1.165, 1.54) is 4.90 Å². The number of amides is 2. The summed E-state index contributed by atoms with van der Waals surface area (Å²) in [5.74, 6) is 0.367. The molecule has 0 aliphatic carbocycles. The van der Waals surface area contributed by atoms with Crippen molar-refractivity contribution in [2.45, 2.75) is 19.8 Å². The molecule has 0 aromatic carbocycles. The molecule has 1 aromatic heterocycles. The highest BCUT2D eigenvalue weighted by Gasteiger charge is 2.51.